The molecule has 2 N–H and O–H groups in total. The molecule has 0 bridgehead atoms. The third-order valence-electron chi connectivity index (χ3n) is 4.45. The monoisotopic (exact) mass is 315 g/mol. The highest BCUT2D eigenvalue weighted by atomic mass is 16.3. The maximum absolute atomic E-state index is 12.7. The first-order valence-corrected chi connectivity index (χ1v) is 8.03. The number of hydrogen-bond acceptors (Lipinski definition) is 5. The van der Waals surface area contributed by atoms with Gasteiger partial charge in [-0.15, -0.1) is 5.10 Å². The van der Waals surface area contributed by atoms with Gasteiger partial charge in [0.1, 0.15) is 6.33 Å². The first-order valence-electron chi connectivity index (χ1n) is 8.03. The van der Waals surface area contributed by atoms with Gasteiger partial charge < -0.3 is 10.4 Å². The fourth-order valence-corrected chi connectivity index (χ4v) is 3.18. The highest BCUT2D eigenvalue weighted by Gasteiger charge is 2.25. The number of amides is 1. The second-order valence-electron chi connectivity index (χ2n) is 5.93. The van der Waals surface area contributed by atoms with Gasteiger partial charge in [-0.2, -0.15) is 4.68 Å². The summed E-state index contributed by atoms with van der Waals surface area (Å²) < 4.78 is 1.48. The molecular weight excluding hydrogens is 294 g/mol. The van der Waals surface area contributed by atoms with Gasteiger partial charge in [-0.05, 0) is 35.4 Å². The van der Waals surface area contributed by atoms with Gasteiger partial charge in [0.15, 0.2) is 0 Å². The molecule has 1 amide bonds. The van der Waals surface area contributed by atoms with Gasteiger partial charge in [0, 0.05) is 18.6 Å². The molecule has 0 spiro atoms. The molecule has 1 saturated carbocycles. The van der Waals surface area contributed by atoms with Crippen molar-refractivity contribution < 1.29 is 9.90 Å². The summed E-state index contributed by atoms with van der Waals surface area (Å²) in [4.78, 5) is 12.7. The van der Waals surface area contributed by atoms with Crippen LogP contribution in [0.4, 0.5) is 0 Å². The van der Waals surface area contributed by atoms with Gasteiger partial charge in [-0.3, -0.25) is 4.79 Å². The summed E-state index contributed by atoms with van der Waals surface area (Å²) in [5, 5.41) is 23.8. The molecule has 7 heteroatoms. The summed E-state index contributed by atoms with van der Waals surface area (Å²) in [6.07, 6.45) is 6.67. The van der Waals surface area contributed by atoms with Gasteiger partial charge in [0.25, 0.3) is 5.91 Å². The van der Waals surface area contributed by atoms with E-state index in [1.165, 1.54) is 11.0 Å². The maximum Gasteiger partial charge on any atom is 0.253 e. The van der Waals surface area contributed by atoms with Crippen LogP contribution in [0.1, 0.15) is 42.5 Å². The van der Waals surface area contributed by atoms with Crippen molar-refractivity contribution in [1.29, 1.82) is 0 Å². The van der Waals surface area contributed by atoms with E-state index >= 15 is 0 Å². The number of aromatic nitrogens is 4. The van der Waals surface area contributed by atoms with Crippen LogP contribution in [0.5, 0.6) is 0 Å². The minimum atomic E-state index is -0.151. The molecule has 1 aromatic heterocycles. The predicted octanol–water partition coefficient (Wildman–Crippen LogP) is 1.33. The van der Waals surface area contributed by atoms with Crippen molar-refractivity contribution in [3.8, 4) is 5.69 Å². The minimum Gasteiger partial charge on any atom is -0.396 e. The van der Waals surface area contributed by atoms with E-state index in [9.17, 15) is 9.90 Å². The third kappa shape index (κ3) is 3.56. The van der Waals surface area contributed by atoms with Gasteiger partial charge in [0.2, 0.25) is 0 Å². The second-order valence-corrected chi connectivity index (χ2v) is 5.93. The summed E-state index contributed by atoms with van der Waals surface area (Å²) in [7, 11) is 0. The number of aliphatic hydroxyl groups is 1. The number of para-hydroxylation sites is 1. The van der Waals surface area contributed by atoms with E-state index in [0.717, 1.165) is 32.1 Å². The summed E-state index contributed by atoms with van der Waals surface area (Å²) in [6, 6.07) is 7.24. The molecule has 0 aliphatic heterocycles. The van der Waals surface area contributed by atoms with Crippen LogP contribution in [-0.4, -0.2) is 43.9 Å². The van der Waals surface area contributed by atoms with Crippen molar-refractivity contribution in [1.82, 2.24) is 25.5 Å². The van der Waals surface area contributed by atoms with Gasteiger partial charge in [-0.25, -0.2) is 0 Å². The maximum atomic E-state index is 12.7. The van der Waals surface area contributed by atoms with E-state index in [0.29, 0.717) is 11.3 Å². The van der Waals surface area contributed by atoms with Crippen LogP contribution >= 0.6 is 0 Å². The standard InChI is InChI=1S/C16H21N5O2/c22-10-12-6-2-1-3-8-14(12)18-16(23)13-7-4-5-9-15(13)21-11-17-19-20-21/h4-5,7,9,11-12,14,22H,1-3,6,8,10H2,(H,18,23). The molecule has 1 fully saturated rings. The first-order chi connectivity index (χ1) is 11.3. The molecule has 1 heterocycles. The predicted molar refractivity (Wildman–Crippen MR) is 84.1 cm³/mol. The lowest BCUT2D eigenvalue weighted by molar-refractivity contribution is 0.0899. The van der Waals surface area contributed by atoms with Crippen LogP contribution in [0.25, 0.3) is 5.69 Å². The first kappa shape index (κ1) is 15.6. The van der Waals surface area contributed by atoms with Crippen molar-refractivity contribution in [2.75, 3.05) is 6.61 Å². The number of tetrazole rings is 1. The molecular formula is C16H21N5O2. The van der Waals surface area contributed by atoms with Gasteiger partial charge in [0.05, 0.1) is 11.3 Å². The molecule has 0 saturated heterocycles. The van der Waals surface area contributed by atoms with Crippen LogP contribution in [0, 0.1) is 5.92 Å². The number of rotatable bonds is 4. The number of aliphatic hydroxyl groups excluding tert-OH is 1. The van der Waals surface area contributed by atoms with Crippen molar-refractivity contribution in [3.63, 3.8) is 0 Å². The Labute approximate surface area is 134 Å². The molecule has 2 unspecified atom stereocenters. The van der Waals surface area contributed by atoms with Crippen LogP contribution < -0.4 is 5.32 Å². The average Bonchev–Trinajstić information content (AvgIpc) is 3.02. The SMILES string of the molecule is O=C(NC1CCCCCC1CO)c1ccccc1-n1cnnn1. The third-order valence-corrected chi connectivity index (χ3v) is 4.45. The summed E-state index contributed by atoms with van der Waals surface area (Å²) >= 11 is 0. The number of benzene rings is 1. The Kier molecular flexibility index (Phi) is 4.97. The Morgan fingerprint density at radius 2 is 2.09 bits per heavy atom. The van der Waals surface area contributed by atoms with Crippen LogP contribution in [0.3, 0.4) is 0 Å². The summed E-state index contributed by atoms with van der Waals surface area (Å²) in [5.74, 6) is -0.0249. The molecule has 1 aromatic carbocycles. The lowest BCUT2D eigenvalue weighted by Gasteiger charge is -2.24. The molecule has 0 radical (unpaired) electrons. The number of nitrogens with zero attached hydrogens (tertiary/aromatic N) is 4. The highest BCUT2D eigenvalue weighted by Crippen LogP contribution is 2.24. The molecule has 1 aliphatic carbocycles. The van der Waals surface area contributed by atoms with Crippen molar-refractivity contribution in [2.24, 2.45) is 5.92 Å². The van der Waals surface area contributed by atoms with Crippen molar-refractivity contribution >= 4 is 5.91 Å². The minimum absolute atomic E-state index is 0.0110. The average molecular weight is 315 g/mol. The quantitative estimate of drug-likeness (QED) is 0.830. The summed E-state index contributed by atoms with van der Waals surface area (Å²) in [5.41, 5.74) is 1.17. The normalized spacial score (nSPS) is 21.6. The van der Waals surface area contributed by atoms with Crippen molar-refractivity contribution in [2.45, 2.75) is 38.1 Å². The zero-order valence-corrected chi connectivity index (χ0v) is 12.9. The fraction of sp³-hybridized carbons (Fsp3) is 0.500. The summed E-state index contributed by atoms with van der Waals surface area (Å²) in [6.45, 7) is 0.111. The van der Waals surface area contributed by atoms with Gasteiger partial charge >= 0.3 is 0 Å². The molecule has 1 aliphatic rings. The number of nitrogens with one attached hydrogen (secondary N) is 1. The zero-order chi connectivity index (χ0) is 16.1. The second kappa shape index (κ2) is 7.32. The van der Waals surface area contributed by atoms with Gasteiger partial charge in [-0.1, -0.05) is 31.4 Å². The smallest absolute Gasteiger partial charge is 0.253 e. The van der Waals surface area contributed by atoms with E-state index in [1.54, 1.807) is 6.07 Å². The topological polar surface area (TPSA) is 92.9 Å². The van der Waals surface area contributed by atoms with Crippen LogP contribution in [-0.2, 0) is 0 Å². The van der Waals surface area contributed by atoms with E-state index in [1.807, 2.05) is 18.2 Å². The lowest BCUT2D eigenvalue weighted by Crippen LogP contribution is -2.41. The highest BCUT2D eigenvalue weighted by molar-refractivity contribution is 5.97. The molecule has 7 nitrogen and oxygen atoms in total. The number of carbonyl (C=O) groups excluding carboxylic acids is 1. The Morgan fingerprint density at radius 1 is 1.26 bits per heavy atom. The zero-order valence-electron chi connectivity index (χ0n) is 12.9. The van der Waals surface area contributed by atoms with E-state index in [-0.39, 0.29) is 24.5 Å². The molecule has 122 valence electrons. The molecule has 3 rings (SSSR count). The Hall–Kier alpha value is -2.28. The number of carbonyl (C=O) groups is 1. The largest absolute Gasteiger partial charge is 0.396 e. The fourth-order valence-electron chi connectivity index (χ4n) is 3.18. The Balaban J connectivity index is 1.80. The van der Waals surface area contributed by atoms with E-state index < -0.39 is 0 Å². The number of hydrogen-bond donors (Lipinski definition) is 2. The van der Waals surface area contributed by atoms with Crippen LogP contribution in [0.2, 0.25) is 0 Å². The van der Waals surface area contributed by atoms with E-state index in [2.05, 4.69) is 20.8 Å². The lowest BCUT2D eigenvalue weighted by atomic mass is 9.95. The molecule has 23 heavy (non-hydrogen) atoms. The molecule has 2 atom stereocenters. The van der Waals surface area contributed by atoms with Crippen LogP contribution in [0.15, 0.2) is 30.6 Å². The Morgan fingerprint density at radius 3 is 2.87 bits per heavy atom. The Bertz CT molecular complexity index is 644. The molecule has 2 aromatic rings. The van der Waals surface area contributed by atoms with E-state index in [4.69, 9.17) is 0 Å². The van der Waals surface area contributed by atoms with Crippen molar-refractivity contribution in [3.05, 3.63) is 36.2 Å².